The summed E-state index contributed by atoms with van der Waals surface area (Å²) < 4.78 is 18.3. The fourth-order valence-corrected chi connectivity index (χ4v) is 5.63. The van der Waals surface area contributed by atoms with Crippen molar-refractivity contribution in [3.05, 3.63) is 35.9 Å². The Bertz CT molecular complexity index is 1380. The van der Waals surface area contributed by atoms with Crippen molar-refractivity contribution in [3.63, 3.8) is 0 Å². The van der Waals surface area contributed by atoms with Crippen molar-refractivity contribution in [2.45, 2.75) is 44.7 Å². The Morgan fingerprint density at radius 3 is 2.52 bits per heavy atom. The van der Waals surface area contributed by atoms with Crippen molar-refractivity contribution in [1.29, 1.82) is 0 Å². The second-order valence-electron chi connectivity index (χ2n) is 10.4. The molecule has 3 aliphatic rings. The van der Waals surface area contributed by atoms with Crippen LogP contribution in [0.3, 0.4) is 0 Å². The standard InChI is InChI=1S/C28H35N7O5/c1-38-22-11-19(12-23(39-2)25(22)40-3)34-14-24(29-16-34)31-28-30-21-8-10-33(27(37)17-6-7-17)13-20(21)26(32-28)35-9-4-5-18(35)15-36/h11-12,14,16-18,36H,4-10,13,15H2,1-3H3,(H,30,31,32)/t18-/m0/s1. The van der Waals surface area contributed by atoms with Crippen LogP contribution in [0.15, 0.2) is 24.7 Å². The zero-order valence-corrected chi connectivity index (χ0v) is 23.1. The first-order chi connectivity index (χ1) is 19.5. The highest BCUT2D eigenvalue weighted by Gasteiger charge is 2.37. The zero-order valence-electron chi connectivity index (χ0n) is 23.1. The summed E-state index contributed by atoms with van der Waals surface area (Å²) in [5.41, 5.74) is 2.69. The highest BCUT2D eigenvalue weighted by molar-refractivity contribution is 5.81. The highest BCUT2D eigenvalue weighted by Crippen LogP contribution is 2.40. The Morgan fingerprint density at radius 2 is 1.85 bits per heavy atom. The Balaban J connectivity index is 1.30. The van der Waals surface area contributed by atoms with E-state index in [1.54, 1.807) is 27.7 Å². The average Bonchev–Trinajstić information content (AvgIpc) is 3.55. The Labute approximate surface area is 232 Å². The number of aliphatic hydroxyl groups is 1. The number of methoxy groups -OCH3 is 3. The van der Waals surface area contributed by atoms with Gasteiger partial charge in [-0.05, 0) is 25.7 Å². The van der Waals surface area contributed by atoms with Crippen LogP contribution in [0, 0.1) is 5.92 Å². The number of ether oxygens (including phenoxy) is 3. The predicted octanol–water partition coefficient (Wildman–Crippen LogP) is 2.69. The van der Waals surface area contributed by atoms with E-state index in [1.165, 1.54) is 0 Å². The van der Waals surface area contributed by atoms with Gasteiger partial charge in [-0.25, -0.2) is 9.97 Å². The SMILES string of the molecule is COc1cc(-n2cnc(Nc3nc4c(c(N5CCC[C@H]5CO)n3)CN(C(=O)C3CC3)CC4)c2)cc(OC)c1OC. The van der Waals surface area contributed by atoms with Crippen molar-refractivity contribution < 1.29 is 24.1 Å². The van der Waals surface area contributed by atoms with E-state index in [-0.39, 0.29) is 24.5 Å². The first kappa shape index (κ1) is 26.2. The number of hydrogen-bond acceptors (Lipinski definition) is 10. The van der Waals surface area contributed by atoms with Gasteiger partial charge in [0.25, 0.3) is 0 Å². The number of nitrogens with zero attached hydrogens (tertiary/aromatic N) is 6. The monoisotopic (exact) mass is 549 g/mol. The highest BCUT2D eigenvalue weighted by atomic mass is 16.5. The molecule has 1 atom stereocenters. The number of aliphatic hydroxyl groups excluding tert-OH is 1. The second kappa shape index (κ2) is 10.8. The van der Waals surface area contributed by atoms with E-state index < -0.39 is 0 Å². The molecule has 4 heterocycles. The number of anilines is 3. The lowest BCUT2D eigenvalue weighted by Crippen LogP contribution is -2.40. The maximum absolute atomic E-state index is 12.9. The third-order valence-electron chi connectivity index (χ3n) is 7.91. The Hall–Kier alpha value is -4.06. The minimum absolute atomic E-state index is 0.000557. The number of fused-ring (bicyclic) bond motifs is 1. The number of carbonyl (C=O) groups excluding carboxylic acids is 1. The third kappa shape index (κ3) is 4.87. The second-order valence-corrected chi connectivity index (χ2v) is 10.4. The summed E-state index contributed by atoms with van der Waals surface area (Å²) in [6.07, 6.45) is 8.04. The number of hydrogen-bond donors (Lipinski definition) is 2. The summed E-state index contributed by atoms with van der Waals surface area (Å²) in [5.74, 6) is 3.81. The first-order valence-corrected chi connectivity index (χ1v) is 13.7. The van der Waals surface area contributed by atoms with Crippen LogP contribution < -0.4 is 24.4 Å². The summed E-state index contributed by atoms with van der Waals surface area (Å²) >= 11 is 0. The van der Waals surface area contributed by atoms with Gasteiger partial charge in [0, 0.05) is 43.1 Å². The van der Waals surface area contributed by atoms with Crippen LogP contribution in [-0.4, -0.2) is 82.5 Å². The number of amides is 1. The number of carbonyl (C=O) groups is 1. The van der Waals surface area contributed by atoms with Gasteiger partial charge in [0.1, 0.15) is 12.1 Å². The zero-order chi connectivity index (χ0) is 27.8. The fraction of sp³-hybridized carbons (Fsp3) is 0.500. The molecule has 2 fully saturated rings. The smallest absolute Gasteiger partial charge is 0.230 e. The number of aromatic nitrogens is 4. The summed E-state index contributed by atoms with van der Waals surface area (Å²) in [6.45, 7) is 2.02. The lowest BCUT2D eigenvalue weighted by Gasteiger charge is -2.33. The van der Waals surface area contributed by atoms with Gasteiger partial charge in [-0.3, -0.25) is 4.79 Å². The fourth-order valence-electron chi connectivity index (χ4n) is 5.63. The molecule has 1 saturated carbocycles. The molecule has 1 amide bonds. The average molecular weight is 550 g/mol. The lowest BCUT2D eigenvalue weighted by molar-refractivity contribution is -0.133. The molecular weight excluding hydrogens is 514 g/mol. The van der Waals surface area contributed by atoms with E-state index in [4.69, 9.17) is 24.2 Å². The molecule has 0 spiro atoms. The van der Waals surface area contributed by atoms with Crippen LogP contribution in [-0.2, 0) is 17.8 Å². The van der Waals surface area contributed by atoms with Gasteiger partial charge in [0.15, 0.2) is 17.3 Å². The van der Waals surface area contributed by atoms with Crippen LogP contribution in [0.1, 0.15) is 36.9 Å². The van der Waals surface area contributed by atoms with E-state index in [2.05, 4.69) is 15.2 Å². The van der Waals surface area contributed by atoms with E-state index in [1.807, 2.05) is 27.8 Å². The maximum Gasteiger partial charge on any atom is 0.230 e. The van der Waals surface area contributed by atoms with Crippen molar-refractivity contribution in [2.75, 3.05) is 51.2 Å². The molecule has 6 rings (SSSR count). The molecule has 2 aliphatic heterocycles. The topological polar surface area (TPSA) is 127 Å². The summed E-state index contributed by atoms with van der Waals surface area (Å²) in [7, 11) is 4.73. The minimum atomic E-state index is 0.000557. The third-order valence-corrected chi connectivity index (χ3v) is 7.91. The van der Waals surface area contributed by atoms with Crippen LogP contribution in [0.25, 0.3) is 5.69 Å². The van der Waals surface area contributed by atoms with Gasteiger partial charge in [0.2, 0.25) is 17.6 Å². The van der Waals surface area contributed by atoms with E-state index in [9.17, 15) is 9.90 Å². The molecule has 12 nitrogen and oxygen atoms in total. The van der Waals surface area contributed by atoms with Crippen molar-refractivity contribution in [1.82, 2.24) is 24.4 Å². The number of imidazole rings is 1. The lowest BCUT2D eigenvalue weighted by atomic mass is 10.0. The molecule has 2 N–H and O–H groups in total. The van der Waals surface area contributed by atoms with Gasteiger partial charge in [-0.15, -0.1) is 0 Å². The van der Waals surface area contributed by atoms with Crippen LogP contribution >= 0.6 is 0 Å². The largest absolute Gasteiger partial charge is 0.493 e. The van der Waals surface area contributed by atoms with Crippen LogP contribution in [0.2, 0.25) is 0 Å². The number of benzene rings is 1. The minimum Gasteiger partial charge on any atom is -0.493 e. The van der Waals surface area contributed by atoms with E-state index in [0.29, 0.717) is 48.5 Å². The summed E-state index contributed by atoms with van der Waals surface area (Å²) in [5, 5.41) is 13.3. The molecule has 212 valence electrons. The molecule has 12 heteroatoms. The van der Waals surface area contributed by atoms with E-state index >= 15 is 0 Å². The molecule has 0 radical (unpaired) electrons. The molecule has 0 unspecified atom stereocenters. The molecule has 2 aromatic heterocycles. The number of rotatable bonds is 9. The molecular formula is C28H35N7O5. The molecule has 1 saturated heterocycles. The quantitative estimate of drug-likeness (QED) is 0.411. The van der Waals surface area contributed by atoms with Gasteiger partial charge in [-0.1, -0.05) is 0 Å². The first-order valence-electron chi connectivity index (χ1n) is 13.7. The van der Waals surface area contributed by atoms with Gasteiger partial charge < -0.3 is 39.0 Å². The van der Waals surface area contributed by atoms with Crippen molar-refractivity contribution >= 4 is 23.5 Å². The Morgan fingerprint density at radius 1 is 1.07 bits per heavy atom. The van der Waals surface area contributed by atoms with Crippen molar-refractivity contribution in [3.8, 4) is 22.9 Å². The normalized spacial score (nSPS) is 18.4. The van der Waals surface area contributed by atoms with E-state index in [0.717, 1.165) is 55.0 Å². The molecule has 1 aromatic carbocycles. The van der Waals surface area contributed by atoms with Crippen molar-refractivity contribution in [2.24, 2.45) is 5.92 Å². The summed E-state index contributed by atoms with van der Waals surface area (Å²) in [4.78, 5) is 31.3. The molecule has 3 aromatic rings. The predicted molar refractivity (Wildman–Crippen MR) is 148 cm³/mol. The van der Waals surface area contributed by atoms with Gasteiger partial charge in [0.05, 0.1) is 58.1 Å². The van der Waals surface area contributed by atoms with Crippen LogP contribution in [0.5, 0.6) is 17.2 Å². The Kier molecular flexibility index (Phi) is 7.09. The van der Waals surface area contributed by atoms with Crippen LogP contribution in [0.4, 0.5) is 17.6 Å². The summed E-state index contributed by atoms with van der Waals surface area (Å²) in [6, 6.07) is 3.69. The molecule has 0 bridgehead atoms. The van der Waals surface area contributed by atoms with Gasteiger partial charge in [-0.2, -0.15) is 4.98 Å². The van der Waals surface area contributed by atoms with Gasteiger partial charge >= 0.3 is 0 Å². The molecule has 1 aliphatic carbocycles. The maximum atomic E-state index is 12.9. The molecule has 40 heavy (non-hydrogen) atoms. The number of nitrogens with one attached hydrogen (secondary N) is 1.